The van der Waals surface area contributed by atoms with E-state index < -0.39 is 0 Å². The number of carbonyl (C=O) groups is 1. The van der Waals surface area contributed by atoms with Crippen LogP contribution in [-0.2, 0) is 12.8 Å². The van der Waals surface area contributed by atoms with Crippen LogP contribution in [0.25, 0.3) is 0 Å². The first-order valence-electron chi connectivity index (χ1n) is 7.99. The second kappa shape index (κ2) is 8.91. The predicted molar refractivity (Wildman–Crippen MR) is 92.8 cm³/mol. The molecule has 1 unspecified atom stereocenters. The molecule has 0 heterocycles. The highest BCUT2D eigenvalue weighted by molar-refractivity contribution is 5.74. The summed E-state index contributed by atoms with van der Waals surface area (Å²) in [5.41, 5.74) is 1.72. The Morgan fingerprint density at radius 3 is 2.54 bits per heavy atom. The number of urea groups is 1. The number of carbonyl (C=O) groups excluding carboxylic acids is 1. The molecule has 0 saturated carbocycles. The van der Waals surface area contributed by atoms with Crippen molar-refractivity contribution in [1.82, 2.24) is 10.6 Å². The SMILES string of the molecule is COc1ccc(CCNC(=O)NC(C)Cc2ccccc2F)cc1. The highest BCUT2D eigenvalue weighted by Crippen LogP contribution is 2.11. The summed E-state index contributed by atoms with van der Waals surface area (Å²) in [4.78, 5) is 11.9. The van der Waals surface area contributed by atoms with Gasteiger partial charge in [0.05, 0.1) is 7.11 Å². The van der Waals surface area contributed by atoms with E-state index in [1.165, 1.54) is 6.07 Å². The van der Waals surface area contributed by atoms with E-state index in [4.69, 9.17) is 4.74 Å². The summed E-state index contributed by atoms with van der Waals surface area (Å²) in [5.74, 6) is 0.567. The molecule has 0 saturated heterocycles. The lowest BCUT2D eigenvalue weighted by molar-refractivity contribution is 0.238. The molecule has 2 aromatic carbocycles. The van der Waals surface area contributed by atoms with Gasteiger partial charge in [0.25, 0.3) is 0 Å². The van der Waals surface area contributed by atoms with Crippen LogP contribution in [0, 0.1) is 5.82 Å². The standard InChI is InChI=1S/C19H23FN2O2/c1-14(13-16-5-3-4-6-18(16)20)22-19(23)21-12-11-15-7-9-17(24-2)10-8-15/h3-10,14H,11-13H2,1-2H3,(H2,21,22,23). The van der Waals surface area contributed by atoms with E-state index in [-0.39, 0.29) is 17.9 Å². The summed E-state index contributed by atoms with van der Waals surface area (Å²) in [6.07, 6.45) is 1.19. The number of amides is 2. The Morgan fingerprint density at radius 1 is 1.17 bits per heavy atom. The van der Waals surface area contributed by atoms with Crippen LogP contribution in [0.15, 0.2) is 48.5 Å². The lowest BCUT2D eigenvalue weighted by atomic mass is 10.1. The van der Waals surface area contributed by atoms with E-state index in [0.29, 0.717) is 18.5 Å². The Morgan fingerprint density at radius 2 is 1.88 bits per heavy atom. The molecule has 0 bridgehead atoms. The number of halogens is 1. The van der Waals surface area contributed by atoms with E-state index in [2.05, 4.69) is 10.6 Å². The molecule has 0 aliphatic rings. The van der Waals surface area contributed by atoms with Gasteiger partial charge in [-0.3, -0.25) is 0 Å². The molecule has 2 amide bonds. The fourth-order valence-electron chi connectivity index (χ4n) is 2.43. The number of benzene rings is 2. The van der Waals surface area contributed by atoms with E-state index in [1.54, 1.807) is 25.3 Å². The number of ether oxygens (including phenoxy) is 1. The van der Waals surface area contributed by atoms with E-state index in [0.717, 1.165) is 17.7 Å². The average molecular weight is 330 g/mol. The van der Waals surface area contributed by atoms with Crippen molar-refractivity contribution in [2.75, 3.05) is 13.7 Å². The van der Waals surface area contributed by atoms with Crippen molar-refractivity contribution in [3.8, 4) is 5.75 Å². The Bertz CT molecular complexity index is 659. The van der Waals surface area contributed by atoms with Crippen LogP contribution in [0.5, 0.6) is 5.75 Å². The van der Waals surface area contributed by atoms with Gasteiger partial charge in [0.2, 0.25) is 0 Å². The van der Waals surface area contributed by atoms with Crippen molar-refractivity contribution in [1.29, 1.82) is 0 Å². The van der Waals surface area contributed by atoms with Crippen LogP contribution in [-0.4, -0.2) is 25.7 Å². The van der Waals surface area contributed by atoms with Crippen LogP contribution >= 0.6 is 0 Å². The number of rotatable bonds is 7. The van der Waals surface area contributed by atoms with E-state index in [1.807, 2.05) is 31.2 Å². The van der Waals surface area contributed by atoms with Crippen molar-refractivity contribution >= 4 is 6.03 Å². The first-order chi connectivity index (χ1) is 11.6. The molecule has 2 rings (SSSR count). The molecule has 0 aliphatic heterocycles. The van der Waals surface area contributed by atoms with Gasteiger partial charge in [0, 0.05) is 12.6 Å². The van der Waals surface area contributed by atoms with Crippen molar-refractivity contribution < 1.29 is 13.9 Å². The topological polar surface area (TPSA) is 50.4 Å². The van der Waals surface area contributed by atoms with Gasteiger partial charge in [-0.15, -0.1) is 0 Å². The fraction of sp³-hybridized carbons (Fsp3) is 0.316. The maximum Gasteiger partial charge on any atom is 0.315 e. The third-order valence-electron chi connectivity index (χ3n) is 3.72. The molecule has 0 radical (unpaired) electrons. The van der Waals surface area contributed by atoms with E-state index >= 15 is 0 Å². The molecule has 24 heavy (non-hydrogen) atoms. The minimum absolute atomic E-state index is 0.150. The zero-order valence-corrected chi connectivity index (χ0v) is 14.0. The predicted octanol–water partition coefficient (Wildman–Crippen LogP) is 3.31. The number of hydrogen-bond acceptors (Lipinski definition) is 2. The van der Waals surface area contributed by atoms with Gasteiger partial charge in [-0.1, -0.05) is 30.3 Å². The van der Waals surface area contributed by atoms with Crippen LogP contribution < -0.4 is 15.4 Å². The molecule has 5 heteroatoms. The Kier molecular flexibility index (Phi) is 6.61. The highest BCUT2D eigenvalue weighted by atomic mass is 19.1. The number of methoxy groups -OCH3 is 1. The summed E-state index contributed by atoms with van der Waals surface area (Å²) in [6, 6.07) is 13.9. The molecule has 128 valence electrons. The molecule has 0 aliphatic carbocycles. The second-order valence-corrected chi connectivity index (χ2v) is 5.69. The molecule has 0 spiro atoms. The molecule has 1 atom stereocenters. The Hall–Kier alpha value is -2.56. The van der Waals surface area contributed by atoms with Gasteiger partial charge in [0.1, 0.15) is 11.6 Å². The molecule has 0 aromatic heterocycles. The Balaban J connectivity index is 1.71. The monoisotopic (exact) mass is 330 g/mol. The molecule has 2 aromatic rings. The fourth-order valence-corrected chi connectivity index (χ4v) is 2.43. The third-order valence-corrected chi connectivity index (χ3v) is 3.72. The third kappa shape index (κ3) is 5.57. The summed E-state index contributed by atoms with van der Waals surface area (Å²) in [7, 11) is 1.63. The summed E-state index contributed by atoms with van der Waals surface area (Å²) >= 11 is 0. The second-order valence-electron chi connectivity index (χ2n) is 5.69. The largest absolute Gasteiger partial charge is 0.497 e. The summed E-state index contributed by atoms with van der Waals surface area (Å²) in [5, 5.41) is 5.64. The van der Waals surface area contributed by atoms with Crippen molar-refractivity contribution in [3.05, 3.63) is 65.5 Å². The van der Waals surface area contributed by atoms with Crippen molar-refractivity contribution in [2.24, 2.45) is 0 Å². The van der Waals surface area contributed by atoms with Crippen LogP contribution in [0.1, 0.15) is 18.1 Å². The highest BCUT2D eigenvalue weighted by Gasteiger charge is 2.10. The van der Waals surface area contributed by atoms with Gasteiger partial charge in [-0.25, -0.2) is 9.18 Å². The number of hydrogen-bond donors (Lipinski definition) is 2. The van der Waals surface area contributed by atoms with Gasteiger partial charge < -0.3 is 15.4 Å². The van der Waals surface area contributed by atoms with Gasteiger partial charge in [-0.2, -0.15) is 0 Å². The molecule has 2 N–H and O–H groups in total. The summed E-state index contributed by atoms with van der Waals surface area (Å²) in [6.45, 7) is 2.39. The van der Waals surface area contributed by atoms with Crippen molar-refractivity contribution in [2.45, 2.75) is 25.8 Å². The van der Waals surface area contributed by atoms with Crippen LogP contribution in [0.4, 0.5) is 9.18 Å². The normalized spacial score (nSPS) is 11.6. The lowest BCUT2D eigenvalue weighted by Gasteiger charge is -2.15. The molecular formula is C19H23FN2O2. The zero-order valence-electron chi connectivity index (χ0n) is 14.0. The zero-order chi connectivity index (χ0) is 17.4. The van der Waals surface area contributed by atoms with Crippen molar-refractivity contribution in [3.63, 3.8) is 0 Å². The van der Waals surface area contributed by atoms with Gasteiger partial charge >= 0.3 is 6.03 Å². The maximum absolute atomic E-state index is 13.6. The minimum atomic E-state index is -0.244. The smallest absolute Gasteiger partial charge is 0.315 e. The van der Waals surface area contributed by atoms with Crippen LogP contribution in [0.3, 0.4) is 0 Å². The molecular weight excluding hydrogens is 307 g/mol. The quantitative estimate of drug-likeness (QED) is 0.818. The minimum Gasteiger partial charge on any atom is -0.497 e. The molecule has 0 fully saturated rings. The van der Waals surface area contributed by atoms with Crippen LogP contribution in [0.2, 0.25) is 0 Å². The first-order valence-corrected chi connectivity index (χ1v) is 7.99. The molecule has 4 nitrogen and oxygen atoms in total. The first kappa shape index (κ1) is 17.8. The number of nitrogens with one attached hydrogen (secondary N) is 2. The van der Waals surface area contributed by atoms with Gasteiger partial charge in [0.15, 0.2) is 0 Å². The van der Waals surface area contributed by atoms with Gasteiger partial charge in [-0.05, 0) is 49.1 Å². The van der Waals surface area contributed by atoms with E-state index in [9.17, 15) is 9.18 Å². The Labute approximate surface area is 142 Å². The maximum atomic E-state index is 13.6. The summed E-state index contributed by atoms with van der Waals surface area (Å²) < 4.78 is 18.7. The average Bonchev–Trinajstić information content (AvgIpc) is 2.57. The lowest BCUT2D eigenvalue weighted by Crippen LogP contribution is -2.42.